The number of nitrogen functional groups attached to an aromatic ring is 1. The maximum atomic E-state index is 12.6. The van der Waals surface area contributed by atoms with E-state index >= 15 is 0 Å². The number of nitrogens with two attached hydrogens (primary N) is 1. The number of benzene rings is 2. The lowest BCUT2D eigenvalue weighted by Gasteiger charge is -2.20. The highest BCUT2D eigenvalue weighted by Gasteiger charge is 2.22. The number of hydrogen-bond donors (Lipinski definition) is 1. The molecular formula is C15H12ClNO3. The zero-order valence-electron chi connectivity index (χ0n) is 10.6. The summed E-state index contributed by atoms with van der Waals surface area (Å²) in [6.07, 6.45) is 0. The molecule has 4 nitrogen and oxygen atoms in total. The molecule has 3 rings (SSSR count). The molecule has 0 fully saturated rings. The smallest absolute Gasteiger partial charge is 0.199 e. The lowest BCUT2D eigenvalue weighted by Crippen LogP contribution is -2.18. The van der Waals surface area contributed by atoms with Crippen LogP contribution in [-0.4, -0.2) is 19.0 Å². The van der Waals surface area contributed by atoms with E-state index in [0.717, 1.165) is 0 Å². The van der Waals surface area contributed by atoms with Crippen molar-refractivity contribution in [1.29, 1.82) is 0 Å². The van der Waals surface area contributed by atoms with Gasteiger partial charge >= 0.3 is 0 Å². The summed E-state index contributed by atoms with van der Waals surface area (Å²) in [6.45, 7) is 0.895. The fraction of sp³-hybridized carbons (Fsp3) is 0.133. The van der Waals surface area contributed by atoms with Crippen molar-refractivity contribution in [2.75, 3.05) is 18.9 Å². The highest BCUT2D eigenvalue weighted by molar-refractivity contribution is 6.31. The van der Waals surface area contributed by atoms with Gasteiger partial charge in [-0.15, -0.1) is 0 Å². The predicted molar refractivity (Wildman–Crippen MR) is 76.7 cm³/mol. The first-order valence-electron chi connectivity index (χ1n) is 6.15. The van der Waals surface area contributed by atoms with Crippen molar-refractivity contribution in [1.82, 2.24) is 0 Å². The van der Waals surface area contributed by atoms with E-state index < -0.39 is 0 Å². The van der Waals surface area contributed by atoms with Gasteiger partial charge in [0.15, 0.2) is 17.3 Å². The number of hydrogen-bond acceptors (Lipinski definition) is 4. The second kappa shape index (κ2) is 5.06. The summed E-state index contributed by atoms with van der Waals surface area (Å²) in [6, 6.07) is 10.0. The summed E-state index contributed by atoms with van der Waals surface area (Å²) < 4.78 is 11.0. The van der Waals surface area contributed by atoms with Crippen LogP contribution in [0, 0.1) is 0 Å². The van der Waals surface area contributed by atoms with Crippen LogP contribution in [0.2, 0.25) is 5.02 Å². The van der Waals surface area contributed by atoms with Gasteiger partial charge in [-0.25, -0.2) is 0 Å². The topological polar surface area (TPSA) is 61.6 Å². The second-order valence-corrected chi connectivity index (χ2v) is 4.83. The Bertz CT molecular complexity index is 685. The quantitative estimate of drug-likeness (QED) is 0.682. The van der Waals surface area contributed by atoms with E-state index in [4.69, 9.17) is 26.8 Å². The van der Waals surface area contributed by atoms with E-state index in [1.807, 2.05) is 0 Å². The van der Waals surface area contributed by atoms with Crippen LogP contribution in [0.25, 0.3) is 0 Å². The first-order valence-corrected chi connectivity index (χ1v) is 6.53. The Balaban J connectivity index is 2.09. The van der Waals surface area contributed by atoms with Crippen LogP contribution in [0.4, 0.5) is 5.69 Å². The van der Waals surface area contributed by atoms with Crippen molar-refractivity contribution in [3.05, 3.63) is 52.5 Å². The molecule has 0 unspecified atom stereocenters. The maximum absolute atomic E-state index is 12.6. The number of rotatable bonds is 2. The molecule has 2 aromatic rings. The Hall–Kier alpha value is -2.20. The molecule has 1 aliphatic rings. The molecule has 5 heteroatoms. The summed E-state index contributed by atoms with van der Waals surface area (Å²) in [5.74, 6) is 0.804. The normalized spacial score (nSPS) is 13.1. The molecule has 0 radical (unpaired) electrons. The van der Waals surface area contributed by atoms with E-state index in [9.17, 15) is 4.79 Å². The molecule has 0 spiro atoms. The zero-order chi connectivity index (χ0) is 14.1. The Morgan fingerprint density at radius 1 is 1.10 bits per heavy atom. The van der Waals surface area contributed by atoms with E-state index in [1.54, 1.807) is 36.4 Å². The molecule has 20 heavy (non-hydrogen) atoms. The Labute approximate surface area is 121 Å². The summed E-state index contributed by atoms with van der Waals surface area (Å²) in [5.41, 5.74) is 7.02. The molecule has 2 N–H and O–H groups in total. The standard InChI is InChI=1S/C15H12ClNO3/c16-9-4-5-12(17)11(8-9)14(18)10-2-1-3-13-15(10)20-7-6-19-13/h1-5,8H,6-7,17H2. The van der Waals surface area contributed by atoms with Gasteiger partial charge in [-0.3, -0.25) is 4.79 Å². The molecule has 0 aliphatic carbocycles. The molecule has 0 amide bonds. The summed E-state index contributed by atoms with van der Waals surface area (Å²) in [7, 11) is 0. The largest absolute Gasteiger partial charge is 0.486 e. The molecular weight excluding hydrogens is 278 g/mol. The Morgan fingerprint density at radius 3 is 2.75 bits per heavy atom. The Morgan fingerprint density at radius 2 is 1.90 bits per heavy atom. The second-order valence-electron chi connectivity index (χ2n) is 4.39. The number of fused-ring (bicyclic) bond motifs is 1. The van der Waals surface area contributed by atoms with Gasteiger partial charge in [0, 0.05) is 16.3 Å². The van der Waals surface area contributed by atoms with Crippen LogP contribution in [0.3, 0.4) is 0 Å². The molecule has 102 valence electrons. The van der Waals surface area contributed by atoms with E-state index in [-0.39, 0.29) is 5.78 Å². The van der Waals surface area contributed by atoms with Gasteiger partial charge in [0.2, 0.25) is 0 Å². The number of carbonyl (C=O) groups excluding carboxylic acids is 1. The van der Waals surface area contributed by atoms with Gasteiger partial charge in [-0.2, -0.15) is 0 Å². The number of halogens is 1. The van der Waals surface area contributed by atoms with E-state index in [2.05, 4.69) is 0 Å². The molecule has 0 aromatic heterocycles. The van der Waals surface area contributed by atoms with Crippen molar-refractivity contribution >= 4 is 23.1 Å². The number of anilines is 1. The van der Waals surface area contributed by atoms with Gasteiger partial charge in [0.05, 0.1) is 5.56 Å². The highest BCUT2D eigenvalue weighted by Crippen LogP contribution is 2.35. The Kier molecular flexibility index (Phi) is 3.24. The average Bonchev–Trinajstić information content (AvgIpc) is 2.48. The minimum Gasteiger partial charge on any atom is -0.486 e. The van der Waals surface area contributed by atoms with E-state index in [0.29, 0.717) is 46.5 Å². The van der Waals surface area contributed by atoms with Crippen LogP contribution in [0.1, 0.15) is 15.9 Å². The van der Waals surface area contributed by atoms with Crippen LogP contribution in [-0.2, 0) is 0 Å². The first kappa shape index (κ1) is 12.8. The molecule has 0 saturated heterocycles. The molecule has 0 bridgehead atoms. The van der Waals surface area contributed by atoms with Gasteiger partial charge < -0.3 is 15.2 Å². The summed E-state index contributed by atoms with van der Waals surface area (Å²) in [4.78, 5) is 12.6. The summed E-state index contributed by atoms with van der Waals surface area (Å²) in [5, 5.41) is 0.463. The fourth-order valence-electron chi connectivity index (χ4n) is 2.12. The zero-order valence-corrected chi connectivity index (χ0v) is 11.3. The van der Waals surface area contributed by atoms with Crippen molar-refractivity contribution < 1.29 is 14.3 Å². The minimum atomic E-state index is -0.229. The number of carbonyl (C=O) groups is 1. The predicted octanol–water partition coefficient (Wildman–Crippen LogP) is 2.92. The third-order valence-corrected chi connectivity index (χ3v) is 3.31. The molecule has 0 atom stereocenters. The van der Waals surface area contributed by atoms with Crippen LogP contribution in [0.15, 0.2) is 36.4 Å². The average molecular weight is 290 g/mol. The molecule has 1 heterocycles. The number of para-hydroxylation sites is 1. The highest BCUT2D eigenvalue weighted by atomic mass is 35.5. The SMILES string of the molecule is Nc1ccc(Cl)cc1C(=O)c1cccc2c1OCCO2. The fourth-order valence-corrected chi connectivity index (χ4v) is 2.29. The van der Waals surface area contributed by atoms with Gasteiger partial charge in [0.25, 0.3) is 0 Å². The molecule has 0 saturated carbocycles. The van der Waals surface area contributed by atoms with Crippen molar-refractivity contribution in [2.24, 2.45) is 0 Å². The molecule has 2 aromatic carbocycles. The van der Waals surface area contributed by atoms with Crippen LogP contribution in [0.5, 0.6) is 11.5 Å². The summed E-state index contributed by atoms with van der Waals surface area (Å²) >= 11 is 5.93. The van der Waals surface area contributed by atoms with Gasteiger partial charge in [0.1, 0.15) is 13.2 Å². The number of ether oxygens (including phenoxy) is 2. The lowest BCUT2D eigenvalue weighted by atomic mass is 10.0. The lowest BCUT2D eigenvalue weighted by molar-refractivity contribution is 0.102. The van der Waals surface area contributed by atoms with Crippen molar-refractivity contribution in [2.45, 2.75) is 0 Å². The van der Waals surface area contributed by atoms with Gasteiger partial charge in [-0.1, -0.05) is 17.7 Å². The van der Waals surface area contributed by atoms with Crippen LogP contribution < -0.4 is 15.2 Å². The third-order valence-electron chi connectivity index (χ3n) is 3.07. The van der Waals surface area contributed by atoms with Crippen molar-refractivity contribution in [3.63, 3.8) is 0 Å². The maximum Gasteiger partial charge on any atom is 0.199 e. The monoisotopic (exact) mass is 289 g/mol. The van der Waals surface area contributed by atoms with Crippen LogP contribution >= 0.6 is 11.6 Å². The minimum absolute atomic E-state index is 0.229. The van der Waals surface area contributed by atoms with Gasteiger partial charge in [-0.05, 0) is 30.3 Å². The van der Waals surface area contributed by atoms with Crippen molar-refractivity contribution in [3.8, 4) is 11.5 Å². The number of ketones is 1. The van der Waals surface area contributed by atoms with E-state index in [1.165, 1.54) is 0 Å². The first-order chi connectivity index (χ1) is 9.66. The molecule has 1 aliphatic heterocycles. The third kappa shape index (κ3) is 2.18.